The van der Waals surface area contributed by atoms with Gasteiger partial charge in [0.15, 0.2) is 0 Å². The molecule has 0 spiro atoms. The minimum absolute atomic E-state index is 0.00815. The number of likely N-dealkylation sites (N-methyl/N-ethyl adjacent to an activating group) is 2. The van der Waals surface area contributed by atoms with Gasteiger partial charge in [-0.2, -0.15) is 0 Å². The number of barbiturate groups is 1. The third kappa shape index (κ3) is 3.83. The van der Waals surface area contributed by atoms with Gasteiger partial charge in [0.1, 0.15) is 11.3 Å². The lowest BCUT2D eigenvalue weighted by molar-refractivity contribution is -0.384. The second-order valence-electron chi connectivity index (χ2n) is 8.26. The van der Waals surface area contributed by atoms with E-state index in [1.807, 2.05) is 22.5 Å². The summed E-state index contributed by atoms with van der Waals surface area (Å²) in [4.78, 5) is 52.3. The summed E-state index contributed by atoms with van der Waals surface area (Å²) >= 11 is 0. The molecule has 1 aromatic carbocycles. The summed E-state index contributed by atoms with van der Waals surface area (Å²) in [5.41, 5.74) is 3.06. The third-order valence-corrected chi connectivity index (χ3v) is 6.18. The molecule has 0 radical (unpaired) electrons. The fourth-order valence-corrected chi connectivity index (χ4v) is 4.33. The molecule has 2 aromatic rings. The Labute approximate surface area is 195 Å². The number of nitrogens with zero attached hydrogens (tertiary/aromatic N) is 5. The van der Waals surface area contributed by atoms with Crippen LogP contribution in [0.25, 0.3) is 11.8 Å². The zero-order chi connectivity index (χ0) is 24.7. The van der Waals surface area contributed by atoms with Crippen molar-refractivity contribution in [1.82, 2.24) is 14.4 Å². The van der Waals surface area contributed by atoms with Gasteiger partial charge in [-0.05, 0) is 43.7 Å². The number of carbonyl (C=O) groups is 3. The molecule has 1 aromatic heterocycles. The Balaban J connectivity index is 1.76. The SMILES string of the molecule is Cc1cc(C=C2C(=O)N(C)C(=O)N(C)C2=O)c(C)n1-c1ccc(N2CCOCC2)c([N+](=O)[O-])c1. The van der Waals surface area contributed by atoms with Crippen molar-refractivity contribution in [2.75, 3.05) is 45.3 Å². The molecule has 11 nitrogen and oxygen atoms in total. The molecule has 0 aliphatic carbocycles. The highest BCUT2D eigenvalue weighted by atomic mass is 16.6. The summed E-state index contributed by atoms with van der Waals surface area (Å²) in [6.07, 6.45) is 1.46. The number of amides is 4. The quantitative estimate of drug-likeness (QED) is 0.293. The van der Waals surface area contributed by atoms with Crippen LogP contribution in [0.4, 0.5) is 16.2 Å². The van der Waals surface area contributed by atoms with Gasteiger partial charge < -0.3 is 14.2 Å². The summed E-state index contributed by atoms with van der Waals surface area (Å²) in [6, 6.07) is 6.18. The van der Waals surface area contributed by atoms with Crippen LogP contribution < -0.4 is 4.90 Å². The maximum absolute atomic E-state index is 12.6. The number of nitro benzene ring substituents is 1. The van der Waals surface area contributed by atoms with E-state index >= 15 is 0 Å². The van der Waals surface area contributed by atoms with Crippen molar-refractivity contribution in [3.8, 4) is 5.69 Å². The maximum atomic E-state index is 12.6. The fraction of sp³-hybridized carbons (Fsp3) is 0.348. The number of morpholine rings is 1. The maximum Gasteiger partial charge on any atom is 0.333 e. The van der Waals surface area contributed by atoms with Gasteiger partial charge in [0, 0.05) is 44.6 Å². The molecule has 2 aliphatic heterocycles. The fourth-order valence-electron chi connectivity index (χ4n) is 4.33. The van der Waals surface area contributed by atoms with Crippen molar-refractivity contribution in [1.29, 1.82) is 0 Å². The minimum atomic E-state index is -0.690. The van der Waals surface area contributed by atoms with Crippen molar-refractivity contribution >= 4 is 35.3 Å². The molecule has 34 heavy (non-hydrogen) atoms. The molecule has 0 N–H and O–H groups in total. The molecular weight excluding hydrogens is 442 g/mol. The molecule has 4 rings (SSSR count). The number of carbonyl (C=O) groups excluding carboxylic acids is 3. The highest BCUT2D eigenvalue weighted by Crippen LogP contribution is 2.33. The van der Waals surface area contributed by atoms with Crippen LogP contribution >= 0.6 is 0 Å². The number of hydrogen-bond acceptors (Lipinski definition) is 7. The Morgan fingerprint density at radius 1 is 1.00 bits per heavy atom. The lowest BCUT2D eigenvalue weighted by Gasteiger charge is -2.29. The van der Waals surface area contributed by atoms with E-state index < -0.39 is 22.8 Å². The normalized spacial score (nSPS) is 17.0. The first kappa shape index (κ1) is 23.2. The largest absolute Gasteiger partial charge is 0.378 e. The predicted molar refractivity (Wildman–Crippen MR) is 124 cm³/mol. The number of imide groups is 2. The lowest BCUT2D eigenvalue weighted by Crippen LogP contribution is -2.52. The highest BCUT2D eigenvalue weighted by molar-refractivity contribution is 6.30. The van der Waals surface area contributed by atoms with Gasteiger partial charge in [0.05, 0.1) is 23.8 Å². The smallest absolute Gasteiger partial charge is 0.333 e. The molecule has 3 heterocycles. The molecule has 0 atom stereocenters. The van der Waals surface area contributed by atoms with Crippen LogP contribution in [0.1, 0.15) is 17.0 Å². The first-order valence-electron chi connectivity index (χ1n) is 10.7. The number of benzene rings is 1. The van der Waals surface area contributed by atoms with Gasteiger partial charge in [-0.1, -0.05) is 0 Å². The topological polar surface area (TPSA) is 118 Å². The van der Waals surface area contributed by atoms with E-state index in [0.29, 0.717) is 48.9 Å². The van der Waals surface area contributed by atoms with Crippen molar-refractivity contribution in [2.45, 2.75) is 13.8 Å². The number of ether oxygens (including phenoxy) is 1. The van der Waals surface area contributed by atoms with Gasteiger partial charge >= 0.3 is 6.03 Å². The molecular formula is C23H25N5O6. The first-order valence-corrected chi connectivity index (χ1v) is 10.7. The van der Waals surface area contributed by atoms with Gasteiger partial charge in [-0.3, -0.25) is 29.5 Å². The monoisotopic (exact) mass is 467 g/mol. The van der Waals surface area contributed by atoms with Crippen LogP contribution in [0.3, 0.4) is 0 Å². The number of aryl methyl sites for hydroxylation is 1. The van der Waals surface area contributed by atoms with Gasteiger partial charge in [-0.25, -0.2) is 4.79 Å². The number of rotatable bonds is 4. The molecule has 2 saturated heterocycles. The molecule has 4 amide bonds. The number of nitro groups is 1. The summed E-state index contributed by atoms with van der Waals surface area (Å²) in [5.74, 6) is -1.35. The Bertz CT molecular complexity index is 1210. The summed E-state index contributed by atoms with van der Waals surface area (Å²) in [5, 5.41) is 11.9. The van der Waals surface area contributed by atoms with E-state index in [-0.39, 0.29) is 11.3 Å². The second-order valence-corrected chi connectivity index (χ2v) is 8.26. The summed E-state index contributed by atoms with van der Waals surface area (Å²) in [7, 11) is 2.64. The highest BCUT2D eigenvalue weighted by Gasteiger charge is 2.38. The Kier molecular flexibility index (Phi) is 5.96. The zero-order valence-corrected chi connectivity index (χ0v) is 19.4. The van der Waals surface area contributed by atoms with Crippen LogP contribution in [-0.2, 0) is 14.3 Å². The predicted octanol–water partition coefficient (Wildman–Crippen LogP) is 2.27. The molecule has 2 aliphatic rings. The summed E-state index contributed by atoms with van der Waals surface area (Å²) < 4.78 is 7.18. The van der Waals surface area contributed by atoms with E-state index in [2.05, 4.69) is 0 Å². The van der Waals surface area contributed by atoms with E-state index in [0.717, 1.165) is 15.5 Å². The first-order chi connectivity index (χ1) is 16.1. The van der Waals surface area contributed by atoms with Crippen LogP contribution in [0.2, 0.25) is 0 Å². The van der Waals surface area contributed by atoms with Crippen LogP contribution in [0, 0.1) is 24.0 Å². The van der Waals surface area contributed by atoms with Crippen molar-refractivity contribution in [2.24, 2.45) is 0 Å². The number of anilines is 1. The average Bonchev–Trinajstić information content (AvgIpc) is 3.11. The lowest BCUT2D eigenvalue weighted by atomic mass is 10.1. The van der Waals surface area contributed by atoms with Crippen LogP contribution in [-0.4, -0.2) is 77.5 Å². The second kappa shape index (κ2) is 8.75. The zero-order valence-electron chi connectivity index (χ0n) is 19.4. The third-order valence-electron chi connectivity index (χ3n) is 6.18. The Morgan fingerprint density at radius 3 is 2.21 bits per heavy atom. The molecule has 2 fully saturated rings. The minimum Gasteiger partial charge on any atom is -0.378 e. The average molecular weight is 467 g/mol. The van der Waals surface area contributed by atoms with E-state index in [1.54, 1.807) is 19.1 Å². The van der Waals surface area contributed by atoms with E-state index in [1.165, 1.54) is 26.2 Å². The Hall–Kier alpha value is -3.99. The molecule has 11 heteroatoms. The molecule has 0 bridgehead atoms. The van der Waals surface area contributed by atoms with Crippen LogP contribution in [0.5, 0.6) is 0 Å². The van der Waals surface area contributed by atoms with Gasteiger partial charge in [0.2, 0.25) is 0 Å². The van der Waals surface area contributed by atoms with Crippen molar-refractivity contribution in [3.05, 3.63) is 56.9 Å². The van der Waals surface area contributed by atoms with Gasteiger partial charge in [-0.15, -0.1) is 0 Å². The van der Waals surface area contributed by atoms with Crippen molar-refractivity contribution in [3.63, 3.8) is 0 Å². The molecule has 0 unspecified atom stereocenters. The standard InChI is InChI=1S/C23H25N5O6/c1-14-11-16(12-18-21(29)24(3)23(31)25(4)22(18)30)15(2)27(14)17-5-6-19(20(13-17)28(32)33)26-7-9-34-10-8-26/h5-6,11-13H,7-10H2,1-4H3. The van der Waals surface area contributed by atoms with Crippen LogP contribution in [0.15, 0.2) is 29.8 Å². The van der Waals surface area contributed by atoms with E-state index in [4.69, 9.17) is 4.74 Å². The number of urea groups is 1. The Morgan fingerprint density at radius 2 is 1.62 bits per heavy atom. The molecule has 178 valence electrons. The summed E-state index contributed by atoms with van der Waals surface area (Å²) in [6.45, 7) is 5.82. The molecule has 0 saturated carbocycles. The van der Waals surface area contributed by atoms with E-state index in [9.17, 15) is 24.5 Å². The number of hydrogen-bond donors (Lipinski definition) is 0. The number of aromatic nitrogens is 1. The van der Waals surface area contributed by atoms with Gasteiger partial charge in [0.25, 0.3) is 17.5 Å². The van der Waals surface area contributed by atoms with Crippen molar-refractivity contribution < 1.29 is 24.0 Å².